The summed E-state index contributed by atoms with van der Waals surface area (Å²) in [6.07, 6.45) is 7.33. The Morgan fingerprint density at radius 1 is 0.667 bits per heavy atom. The molecule has 0 N–H and O–H groups in total. The number of non-ortho nitro benzene ring substituents is 1. The molecule has 0 radical (unpaired) electrons. The fourth-order valence-corrected chi connectivity index (χ4v) is 2.88. The van der Waals surface area contributed by atoms with E-state index in [1.807, 2.05) is 48.6 Å². The Labute approximate surface area is 189 Å². The lowest BCUT2D eigenvalue weighted by Gasteiger charge is -2.00. The molecule has 0 saturated carbocycles. The Balaban J connectivity index is 1.40. The molecule has 158 valence electrons. The monoisotopic (exact) mass is 432 g/mol. The molecule has 2 aromatic heterocycles. The van der Waals surface area contributed by atoms with Crippen LogP contribution in [0.3, 0.4) is 0 Å². The van der Waals surface area contributed by atoms with E-state index in [1.165, 1.54) is 12.1 Å². The molecule has 0 unspecified atom stereocenters. The van der Waals surface area contributed by atoms with E-state index in [2.05, 4.69) is 26.5 Å². The smallest absolute Gasteiger partial charge is 0.258 e. The molecule has 0 saturated heterocycles. The Morgan fingerprint density at radius 2 is 1.15 bits per heavy atom. The van der Waals surface area contributed by atoms with Crippen molar-refractivity contribution in [1.82, 2.24) is 20.4 Å². The van der Waals surface area contributed by atoms with E-state index in [9.17, 15) is 10.1 Å². The second kappa shape index (κ2) is 9.85. The molecule has 0 amide bonds. The summed E-state index contributed by atoms with van der Waals surface area (Å²) in [6, 6.07) is 22.9. The van der Waals surface area contributed by atoms with E-state index >= 15 is 0 Å². The van der Waals surface area contributed by atoms with Gasteiger partial charge in [0.05, 0.1) is 27.9 Å². The number of nitrogens with zero attached hydrogens (tertiary/aromatic N) is 6. The molecule has 8 heteroatoms. The van der Waals surface area contributed by atoms with Crippen LogP contribution in [0.5, 0.6) is 0 Å². The van der Waals surface area contributed by atoms with Crippen LogP contribution in [-0.4, -0.2) is 25.3 Å². The topological polar surface area (TPSA) is 118 Å². The van der Waals surface area contributed by atoms with Crippen molar-refractivity contribution < 1.29 is 4.92 Å². The predicted molar refractivity (Wildman–Crippen MR) is 125 cm³/mol. The standard InChI is InChI=1S/C25H16N6O2/c26-17-20-3-1-18(2-4-20)5-9-21-11-15-24(29-27-21)25-16-12-22(28-30-25)10-6-19-7-13-23(14-8-19)31(32)33/h1-16H. The first-order valence-electron chi connectivity index (χ1n) is 9.89. The molecule has 0 atom stereocenters. The minimum absolute atomic E-state index is 0.0492. The number of aromatic nitrogens is 4. The van der Waals surface area contributed by atoms with E-state index in [0.29, 0.717) is 28.3 Å². The van der Waals surface area contributed by atoms with Gasteiger partial charge >= 0.3 is 0 Å². The van der Waals surface area contributed by atoms with Gasteiger partial charge in [0.15, 0.2) is 0 Å². The van der Waals surface area contributed by atoms with Crippen molar-refractivity contribution in [3.63, 3.8) is 0 Å². The fourth-order valence-electron chi connectivity index (χ4n) is 2.88. The van der Waals surface area contributed by atoms with Gasteiger partial charge in [0.2, 0.25) is 0 Å². The van der Waals surface area contributed by atoms with Crippen molar-refractivity contribution in [2.45, 2.75) is 0 Å². The van der Waals surface area contributed by atoms with Crippen LogP contribution >= 0.6 is 0 Å². The van der Waals surface area contributed by atoms with E-state index in [0.717, 1.165) is 11.1 Å². The summed E-state index contributed by atoms with van der Waals surface area (Å²) >= 11 is 0. The summed E-state index contributed by atoms with van der Waals surface area (Å²) in [5.74, 6) is 0. The third-order valence-corrected chi connectivity index (χ3v) is 4.67. The number of hydrogen-bond donors (Lipinski definition) is 0. The summed E-state index contributed by atoms with van der Waals surface area (Å²) in [7, 11) is 0. The van der Waals surface area contributed by atoms with Gasteiger partial charge in [0.25, 0.3) is 5.69 Å². The van der Waals surface area contributed by atoms with Crippen LogP contribution in [0.4, 0.5) is 5.69 Å². The molecule has 8 nitrogen and oxygen atoms in total. The van der Waals surface area contributed by atoms with Crippen molar-refractivity contribution in [2.24, 2.45) is 0 Å². The third-order valence-electron chi connectivity index (χ3n) is 4.67. The summed E-state index contributed by atoms with van der Waals surface area (Å²) in [4.78, 5) is 10.3. The lowest BCUT2D eigenvalue weighted by molar-refractivity contribution is -0.384. The van der Waals surface area contributed by atoms with Crippen molar-refractivity contribution in [3.05, 3.63) is 111 Å². The van der Waals surface area contributed by atoms with Crippen LogP contribution in [0, 0.1) is 21.4 Å². The molecule has 4 aromatic rings. The van der Waals surface area contributed by atoms with Gasteiger partial charge in [0.1, 0.15) is 11.4 Å². The fraction of sp³-hybridized carbons (Fsp3) is 0. The van der Waals surface area contributed by atoms with E-state index < -0.39 is 4.92 Å². The van der Waals surface area contributed by atoms with Gasteiger partial charge in [-0.3, -0.25) is 10.1 Å². The van der Waals surface area contributed by atoms with Crippen LogP contribution < -0.4 is 0 Å². The molecule has 4 rings (SSSR count). The highest BCUT2D eigenvalue weighted by molar-refractivity contribution is 5.70. The van der Waals surface area contributed by atoms with Gasteiger partial charge in [-0.15, -0.1) is 10.2 Å². The molecule has 33 heavy (non-hydrogen) atoms. The normalized spacial score (nSPS) is 11.0. The molecule has 0 fully saturated rings. The summed E-state index contributed by atoms with van der Waals surface area (Å²) in [5, 5.41) is 36.4. The van der Waals surface area contributed by atoms with Crippen molar-refractivity contribution >= 4 is 30.0 Å². The number of nitro groups is 1. The maximum absolute atomic E-state index is 10.7. The summed E-state index contributed by atoms with van der Waals surface area (Å²) in [6.45, 7) is 0. The van der Waals surface area contributed by atoms with Gasteiger partial charge < -0.3 is 0 Å². The lowest BCUT2D eigenvalue weighted by Crippen LogP contribution is -1.94. The van der Waals surface area contributed by atoms with Crippen molar-refractivity contribution in [3.8, 4) is 17.5 Å². The maximum atomic E-state index is 10.7. The van der Waals surface area contributed by atoms with Crippen LogP contribution in [-0.2, 0) is 0 Å². The minimum atomic E-state index is -0.432. The molecular weight excluding hydrogens is 416 g/mol. The zero-order chi connectivity index (χ0) is 23.0. The number of nitro benzene ring substituents is 1. The zero-order valence-electron chi connectivity index (χ0n) is 17.2. The minimum Gasteiger partial charge on any atom is -0.258 e. The van der Waals surface area contributed by atoms with Crippen LogP contribution in [0.15, 0.2) is 72.8 Å². The van der Waals surface area contributed by atoms with Gasteiger partial charge in [-0.2, -0.15) is 15.5 Å². The van der Waals surface area contributed by atoms with Crippen LogP contribution in [0.2, 0.25) is 0 Å². The highest BCUT2D eigenvalue weighted by atomic mass is 16.6. The first-order chi connectivity index (χ1) is 16.1. The number of hydrogen-bond acceptors (Lipinski definition) is 7. The average Bonchev–Trinajstić information content (AvgIpc) is 2.87. The molecule has 0 bridgehead atoms. The van der Waals surface area contributed by atoms with Crippen molar-refractivity contribution in [1.29, 1.82) is 5.26 Å². The van der Waals surface area contributed by atoms with E-state index in [1.54, 1.807) is 36.4 Å². The quantitative estimate of drug-likeness (QED) is 0.309. The number of rotatable bonds is 6. The Hall–Kier alpha value is -5.03. The highest BCUT2D eigenvalue weighted by Gasteiger charge is 2.04. The lowest BCUT2D eigenvalue weighted by atomic mass is 10.1. The molecule has 0 spiro atoms. The Morgan fingerprint density at radius 3 is 1.55 bits per heavy atom. The van der Waals surface area contributed by atoms with Crippen molar-refractivity contribution in [2.75, 3.05) is 0 Å². The second-order valence-electron chi connectivity index (χ2n) is 6.94. The first-order valence-corrected chi connectivity index (χ1v) is 9.89. The highest BCUT2D eigenvalue weighted by Crippen LogP contribution is 2.16. The average molecular weight is 432 g/mol. The number of nitriles is 1. The maximum Gasteiger partial charge on any atom is 0.269 e. The van der Waals surface area contributed by atoms with Gasteiger partial charge in [0, 0.05) is 12.1 Å². The molecule has 2 heterocycles. The summed E-state index contributed by atoms with van der Waals surface area (Å²) in [5.41, 5.74) is 4.98. The third kappa shape index (κ3) is 5.57. The zero-order valence-corrected chi connectivity index (χ0v) is 17.2. The Bertz CT molecular complexity index is 1350. The molecular formula is C25H16N6O2. The Kier molecular flexibility index (Phi) is 6.33. The predicted octanol–water partition coefficient (Wildman–Crippen LogP) is 5.05. The second-order valence-corrected chi connectivity index (χ2v) is 6.94. The molecule has 0 aliphatic heterocycles. The van der Waals surface area contributed by atoms with Crippen LogP contribution in [0.1, 0.15) is 28.1 Å². The first kappa shape index (κ1) is 21.2. The largest absolute Gasteiger partial charge is 0.269 e. The van der Waals surface area contributed by atoms with Gasteiger partial charge in [-0.05, 0) is 71.8 Å². The van der Waals surface area contributed by atoms with Crippen LogP contribution in [0.25, 0.3) is 35.7 Å². The molecule has 0 aliphatic rings. The van der Waals surface area contributed by atoms with Gasteiger partial charge in [-0.1, -0.05) is 24.3 Å². The SMILES string of the molecule is N#Cc1ccc(C=Cc2ccc(-c3ccc(C=Cc4ccc([N+](=O)[O-])cc4)nn3)nn2)cc1. The van der Waals surface area contributed by atoms with E-state index in [-0.39, 0.29) is 5.69 Å². The van der Waals surface area contributed by atoms with E-state index in [4.69, 9.17) is 5.26 Å². The van der Waals surface area contributed by atoms with Gasteiger partial charge in [-0.25, -0.2) is 0 Å². The number of benzene rings is 2. The molecule has 2 aromatic carbocycles. The molecule has 0 aliphatic carbocycles. The summed E-state index contributed by atoms with van der Waals surface area (Å²) < 4.78 is 0.